The predicted octanol–water partition coefficient (Wildman–Crippen LogP) is 2.72. The number of benzene rings is 1. The van der Waals surface area contributed by atoms with Gasteiger partial charge in [0, 0.05) is 28.9 Å². The van der Waals surface area contributed by atoms with Crippen molar-refractivity contribution < 1.29 is 17.9 Å². The minimum Gasteiger partial charge on any atom is -0.490 e. The lowest BCUT2D eigenvalue weighted by Gasteiger charge is -2.13. The number of fused-ring (bicyclic) bond motifs is 1. The third kappa shape index (κ3) is 3.12. The fourth-order valence-corrected chi connectivity index (χ4v) is 3.40. The van der Waals surface area contributed by atoms with Gasteiger partial charge in [0.1, 0.15) is 17.3 Å². The van der Waals surface area contributed by atoms with Gasteiger partial charge in [-0.1, -0.05) is 0 Å². The summed E-state index contributed by atoms with van der Waals surface area (Å²) in [5.41, 5.74) is 0.317. The van der Waals surface area contributed by atoms with Crippen molar-refractivity contribution >= 4 is 30.6 Å². The Bertz CT molecular complexity index is 757. The van der Waals surface area contributed by atoms with E-state index in [1.165, 1.54) is 12.3 Å². The Morgan fingerprint density at radius 3 is 2.95 bits per heavy atom. The second-order valence-corrected chi connectivity index (χ2v) is 7.38. The molecule has 1 aliphatic rings. The van der Waals surface area contributed by atoms with Gasteiger partial charge < -0.3 is 9.47 Å². The minimum absolute atomic E-state index is 0.00997. The highest BCUT2D eigenvalue weighted by atomic mass is 35.7. The molecule has 1 aliphatic heterocycles. The summed E-state index contributed by atoms with van der Waals surface area (Å²) in [5, 5.41) is 0.622. The summed E-state index contributed by atoms with van der Waals surface area (Å²) in [6.45, 7) is 1.21. The summed E-state index contributed by atoms with van der Waals surface area (Å²) in [5.74, 6) is 0.581. The summed E-state index contributed by atoms with van der Waals surface area (Å²) in [7, 11) is 1.59. The summed E-state index contributed by atoms with van der Waals surface area (Å²) in [6, 6.07) is 6.52. The van der Waals surface area contributed by atoms with E-state index in [0.29, 0.717) is 23.3 Å². The molecular formula is C14H14ClNO4S. The van der Waals surface area contributed by atoms with Gasteiger partial charge >= 0.3 is 0 Å². The van der Waals surface area contributed by atoms with Crippen molar-refractivity contribution in [3.63, 3.8) is 0 Å². The SMILES string of the molecule is O=S(=O)(Cl)c1ccc(OCC2CCCO2)c2cccnc12. The van der Waals surface area contributed by atoms with Crippen LogP contribution in [0, 0.1) is 0 Å². The Labute approximate surface area is 127 Å². The zero-order valence-electron chi connectivity index (χ0n) is 11.2. The van der Waals surface area contributed by atoms with Crippen LogP contribution in [-0.4, -0.2) is 32.7 Å². The van der Waals surface area contributed by atoms with E-state index in [-0.39, 0.29) is 11.0 Å². The molecule has 1 atom stereocenters. The summed E-state index contributed by atoms with van der Waals surface area (Å²) < 4.78 is 34.5. The monoisotopic (exact) mass is 327 g/mol. The number of hydrogen-bond acceptors (Lipinski definition) is 5. The van der Waals surface area contributed by atoms with Crippen LogP contribution in [0.25, 0.3) is 10.9 Å². The van der Waals surface area contributed by atoms with Crippen LogP contribution in [0.2, 0.25) is 0 Å². The lowest BCUT2D eigenvalue weighted by Crippen LogP contribution is -2.16. The molecule has 3 rings (SSSR count). The van der Waals surface area contributed by atoms with Crippen LogP contribution in [0.4, 0.5) is 0 Å². The maximum atomic E-state index is 11.6. The molecule has 0 N–H and O–H groups in total. The summed E-state index contributed by atoms with van der Waals surface area (Å²) >= 11 is 0. The number of hydrogen-bond donors (Lipinski definition) is 0. The first-order valence-electron chi connectivity index (χ1n) is 6.62. The van der Waals surface area contributed by atoms with E-state index < -0.39 is 9.05 Å². The van der Waals surface area contributed by atoms with E-state index in [4.69, 9.17) is 20.2 Å². The summed E-state index contributed by atoms with van der Waals surface area (Å²) in [6.07, 6.45) is 3.63. The molecule has 0 spiro atoms. The van der Waals surface area contributed by atoms with Crippen LogP contribution >= 0.6 is 10.7 Å². The fraction of sp³-hybridized carbons (Fsp3) is 0.357. The Morgan fingerprint density at radius 2 is 2.24 bits per heavy atom. The van der Waals surface area contributed by atoms with E-state index in [0.717, 1.165) is 19.4 Å². The molecule has 1 saturated heterocycles. The average molecular weight is 328 g/mol. The summed E-state index contributed by atoms with van der Waals surface area (Å²) in [4.78, 5) is 4.10. The van der Waals surface area contributed by atoms with Gasteiger partial charge in [0.05, 0.1) is 11.6 Å². The van der Waals surface area contributed by atoms with Crippen LogP contribution in [0.1, 0.15) is 12.8 Å². The van der Waals surface area contributed by atoms with Gasteiger partial charge in [-0.2, -0.15) is 0 Å². The first-order chi connectivity index (χ1) is 10.1. The molecule has 2 aromatic rings. The molecule has 21 heavy (non-hydrogen) atoms. The van der Waals surface area contributed by atoms with Gasteiger partial charge in [0.2, 0.25) is 0 Å². The molecule has 0 aliphatic carbocycles. The smallest absolute Gasteiger partial charge is 0.263 e. The van der Waals surface area contributed by atoms with E-state index in [2.05, 4.69) is 4.98 Å². The molecule has 1 aromatic carbocycles. The number of aromatic nitrogens is 1. The van der Waals surface area contributed by atoms with E-state index in [1.807, 2.05) is 0 Å². The van der Waals surface area contributed by atoms with Crippen molar-refractivity contribution in [3.8, 4) is 5.75 Å². The van der Waals surface area contributed by atoms with E-state index in [9.17, 15) is 8.42 Å². The molecule has 7 heteroatoms. The van der Waals surface area contributed by atoms with E-state index in [1.54, 1.807) is 18.2 Å². The molecule has 1 aromatic heterocycles. The van der Waals surface area contributed by atoms with Crippen LogP contribution in [0.15, 0.2) is 35.4 Å². The molecule has 0 saturated carbocycles. The first-order valence-corrected chi connectivity index (χ1v) is 8.93. The van der Waals surface area contributed by atoms with Gasteiger partial charge in [-0.05, 0) is 37.1 Å². The highest BCUT2D eigenvalue weighted by Crippen LogP contribution is 2.31. The Hall–Kier alpha value is -1.37. The van der Waals surface area contributed by atoms with Crippen molar-refractivity contribution in [1.82, 2.24) is 4.98 Å². The standard InChI is InChI=1S/C14H14ClNO4S/c15-21(17,18)13-6-5-12(11-4-1-7-16-14(11)13)20-9-10-3-2-8-19-10/h1,4-7,10H,2-3,8-9H2. The Kier molecular flexibility index (Phi) is 4.01. The number of pyridine rings is 1. The van der Waals surface area contributed by atoms with Crippen molar-refractivity contribution in [3.05, 3.63) is 30.5 Å². The molecule has 0 bridgehead atoms. The van der Waals surface area contributed by atoms with Crippen molar-refractivity contribution in [1.29, 1.82) is 0 Å². The van der Waals surface area contributed by atoms with Crippen LogP contribution in [-0.2, 0) is 13.8 Å². The lowest BCUT2D eigenvalue weighted by atomic mass is 10.2. The number of nitrogens with zero attached hydrogens (tertiary/aromatic N) is 1. The zero-order valence-corrected chi connectivity index (χ0v) is 12.7. The Morgan fingerprint density at radius 1 is 1.38 bits per heavy atom. The van der Waals surface area contributed by atoms with Gasteiger partial charge in [0.15, 0.2) is 0 Å². The third-order valence-corrected chi connectivity index (χ3v) is 4.76. The molecule has 2 heterocycles. The van der Waals surface area contributed by atoms with Gasteiger partial charge in [-0.25, -0.2) is 8.42 Å². The highest BCUT2D eigenvalue weighted by Gasteiger charge is 2.19. The van der Waals surface area contributed by atoms with E-state index >= 15 is 0 Å². The average Bonchev–Trinajstić information content (AvgIpc) is 2.96. The molecule has 0 amide bonds. The maximum Gasteiger partial charge on any atom is 0.263 e. The molecular weight excluding hydrogens is 314 g/mol. The number of halogens is 1. The molecule has 112 valence electrons. The fourth-order valence-electron chi connectivity index (χ4n) is 2.40. The van der Waals surface area contributed by atoms with Gasteiger partial charge in [-0.3, -0.25) is 4.98 Å². The molecule has 1 fully saturated rings. The van der Waals surface area contributed by atoms with Gasteiger partial charge in [0.25, 0.3) is 9.05 Å². The highest BCUT2D eigenvalue weighted by molar-refractivity contribution is 8.14. The second kappa shape index (κ2) is 5.79. The van der Waals surface area contributed by atoms with Crippen molar-refractivity contribution in [2.24, 2.45) is 0 Å². The molecule has 0 radical (unpaired) electrons. The van der Waals surface area contributed by atoms with Crippen LogP contribution in [0.5, 0.6) is 5.75 Å². The van der Waals surface area contributed by atoms with Crippen LogP contribution in [0.3, 0.4) is 0 Å². The van der Waals surface area contributed by atoms with Crippen molar-refractivity contribution in [2.45, 2.75) is 23.8 Å². The number of ether oxygens (including phenoxy) is 2. The number of rotatable bonds is 4. The van der Waals surface area contributed by atoms with Crippen LogP contribution < -0.4 is 4.74 Å². The normalized spacial score (nSPS) is 19.0. The molecule has 5 nitrogen and oxygen atoms in total. The minimum atomic E-state index is -3.85. The van der Waals surface area contributed by atoms with Gasteiger partial charge in [-0.15, -0.1) is 0 Å². The second-order valence-electron chi connectivity index (χ2n) is 4.85. The molecule has 1 unspecified atom stereocenters. The quantitative estimate of drug-likeness (QED) is 0.808. The topological polar surface area (TPSA) is 65.5 Å². The predicted molar refractivity (Wildman–Crippen MR) is 79.3 cm³/mol. The zero-order chi connectivity index (χ0) is 14.9. The largest absolute Gasteiger partial charge is 0.490 e. The first kappa shape index (κ1) is 14.6. The Balaban J connectivity index is 1.96. The third-order valence-electron chi connectivity index (χ3n) is 3.40. The van der Waals surface area contributed by atoms with Crippen molar-refractivity contribution in [2.75, 3.05) is 13.2 Å². The maximum absolute atomic E-state index is 11.6. The lowest BCUT2D eigenvalue weighted by molar-refractivity contribution is 0.0685.